The van der Waals surface area contributed by atoms with Crippen molar-refractivity contribution in [2.24, 2.45) is 17.3 Å². The average molecular weight is 401 g/mol. The molecule has 1 aromatic rings. The van der Waals surface area contributed by atoms with Crippen LogP contribution in [0.15, 0.2) is 18.2 Å². The van der Waals surface area contributed by atoms with Gasteiger partial charge in [-0.1, -0.05) is 40.7 Å². The van der Waals surface area contributed by atoms with E-state index in [1.54, 1.807) is 0 Å². The third-order valence-electron chi connectivity index (χ3n) is 8.34. The summed E-state index contributed by atoms with van der Waals surface area (Å²) in [6.45, 7) is 10.5. The average Bonchev–Trinajstić information content (AvgIpc) is 2.96. The van der Waals surface area contributed by atoms with Crippen LogP contribution < -0.4 is 4.43 Å². The molecule has 28 heavy (non-hydrogen) atoms. The SMILES string of the molecule is CC(C)[Si](O)(Oc1ccc2c(c1)CC[C@@H]1[C@@H]2CC[C@]2(C)C(=O)CC[C@@H]12)C(C)C. The Morgan fingerprint density at radius 1 is 1.11 bits per heavy atom. The van der Waals surface area contributed by atoms with Gasteiger partial charge in [0, 0.05) is 22.9 Å². The van der Waals surface area contributed by atoms with Gasteiger partial charge in [0.1, 0.15) is 11.5 Å². The first kappa shape index (κ1) is 20.2. The standard InChI is InChI=1S/C24H36O3Si/c1-15(2)28(26,16(3)4)27-18-7-9-19-17(14-18)6-8-21-20(19)12-13-24(5)22(21)10-11-23(24)25/h7,9,14-16,20-22,26H,6,8,10-13H2,1-5H3/t20-,21-,22+,24+/m1/s1. The van der Waals surface area contributed by atoms with Gasteiger partial charge >= 0.3 is 8.56 Å². The van der Waals surface area contributed by atoms with Gasteiger partial charge < -0.3 is 9.22 Å². The summed E-state index contributed by atoms with van der Waals surface area (Å²) in [5.74, 6) is 3.17. The minimum atomic E-state index is -2.80. The Bertz CT molecular complexity index is 763. The van der Waals surface area contributed by atoms with Crippen LogP contribution in [0.1, 0.15) is 83.8 Å². The van der Waals surface area contributed by atoms with E-state index in [0.717, 1.165) is 37.9 Å². The Labute approximate surface area is 171 Å². The predicted octanol–water partition coefficient (Wildman–Crippen LogP) is 5.75. The molecule has 0 aromatic heterocycles. The Morgan fingerprint density at radius 2 is 1.82 bits per heavy atom. The van der Waals surface area contributed by atoms with Crippen LogP contribution >= 0.6 is 0 Å². The molecule has 0 saturated heterocycles. The maximum atomic E-state index is 12.5. The monoisotopic (exact) mass is 400 g/mol. The molecule has 0 spiro atoms. The number of hydrogen-bond acceptors (Lipinski definition) is 3. The van der Waals surface area contributed by atoms with Crippen molar-refractivity contribution in [1.29, 1.82) is 0 Å². The fourth-order valence-electron chi connectivity index (χ4n) is 6.48. The van der Waals surface area contributed by atoms with Gasteiger partial charge in [0.15, 0.2) is 0 Å². The summed E-state index contributed by atoms with van der Waals surface area (Å²) in [5.41, 5.74) is 3.13. The van der Waals surface area contributed by atoms with Crippen LogP contribution in [-0.2, 0) is 11.2 Å². The molecule has 4 atom stereocenters. The molecule has 0 heterocycles. The first-order chi connectivity index (χ1) is 13.2. The highest BCUT2D eigenvalue weighted by Crippen LogP contribution is 2.59. The molecule has 0 unspecified atom stereocenters. The third kappa shape index (κ3) is 2.99. The van der Waals surface area contributed by atoms with Crippen LogP contribution in [0.5, 0.6) is 5.75 Å². The quantitative estimate of drug-likeness (QED) is 0.655. The second-order valence-corrected chi connectivity index (χ2v) is 14.4. The molecule has 154 valence electrons. The highest BCUT2D eigenvalue weighted by atomic mass is 28.4. The van der Waals surface area contributed by atoms with E-state index in [-0.39, 0.29) is 16.5 Å². The largest absolute Gasteiger partial charge is 0.520 e. The van der Waals surface area contributed by atoms with E-state index in [1.807, 2.05) is 0 Å². The molecule has 3 aliphatic carbocycles. The summed E-state index contributed by atoms with van der Waals surface area (Å²) in [5, 5.41) is 0. The van der Waals surface area contributed by atoms with Gasteiger partial charge in [-0.05, 0) is 73.1 Å². The summed E-state index contributed by atoms with van der Waals surface area (Å²) in [7, 11) is -2.80. The second kappa shape index (κ2) is 6.98. The number of ketones is 1. The summed E-state index contributed by atoms with van der Waals surface area (Å²) in [4.78, 5) is 23.7. The smallest absolute Gasteiger partial charge is 0.401 e. The number of hydrogen-bond donors (Lipinski definition) is 1. The normalized spacial score (nSPS) is 32.3. The first-order valence-electron chi connectivity index (χ1n) is 11.2. The number of carbonyl (C=O) groups excluding carboxylic acids is 1. The van der Waals surface area contributed by atoms with Crippen molar-refractivity contribution in [3.63, 3.8) is 0 Å². The van der Waals surface area contributed by atoms with E-state index in [9.17, 15) is 9.59 Å². The van der Waals surface area contributed by atoms with Crippen molar-refractivity contribution < 1.29 is 14.0 Å². The number of fused-ring (bicyclic) bond motifs is 5. The van der Waals surface area contributed by atoms with Crippen molar-refractivity contribution in [1.82, 2.24) is 0 Å². The molecule has 1 N–H and O–H groups in total. The summed E-state index contributed by atoms with van der Waals surface area (Å²) < 4.78 is 6.28. The zero-order chi connectivity index (χ0) is 20.3. The fourth-order valence-corrected chi connectivity index (χ4v) is 8.79. The van der Waals surface area contributed by atoms with Crippen molar-refractivity contribution in [3.05, 3.63) is 29.3 Å². The van der Waals surface area contributed by atoms with E-state index >= 15 is 0 Å². The number of Topliss-reactive ketones (excluding diaryl/α,β-unsaturated/α-hetero) is 1. The maximum absolute atomic E-state index is 12.5. The molecule has 0 aliphatic heterocycles. The molecule has 2 fully saturated rings. The van der Waals surface area contributed by atoms with Crippen molar-refractivity contribution in [3.8, 4) is 5.75 Å². The highest BCUT2D eigenvalue weighted by molar-refractivity contribution is 6.69. The minimum absolute atomic E-state index is 0.0572. The second-order valence-electron chi connectivity index (χ2n) is 10.4. The van der Waals surface area contributed by atoms with Gasteiger partial charge in [-0.2, -0.15) is 0 Å². The lowest BCUT2D eigenvalue weighted by molar-refractivity contribution is -0.129. The Kier molecular flexibility index (Phi) is 5.02. The van der Waals surface area contributed by atoms with Crippen molar-refractivity contribution in [2.45, 2.75) is 90.1 Å². The Balaban J connectivity index is 1.59. The summed E-state index contributed by atoms with van der Waals surface area (Å²) in [6.07, 6.45) is 6.31. The van der Waals surface area contributed by atoms with Crippen LogP contribution in [0, 0.1) is 17.3 Å². The van der Waals surface area contributed by atoms with E-state index < -0.39 is 8.56 Å². The molecular weight excluding hydrogens is 364 g/mol. The predicted molar refractivity (Wildman–Crippen MR) is 115 cm³/mol. The van der Waals surface area contributed by atoms with Gasteiger partial charge in [0.2, 0.25) is 0 Å². The molecule has 2 saturated carbocycles. The molecule has 3 nitrogen and oxygen atoms in total. The lowest BCUT2D eigenvalue weighted by Gasteiger charge is -2.48. The molecule has 3 aliphatic rings. The van der Waals surface area contributed by atoms with E-state index in [2.05, 4.69) is 52.8 Å². The fraction of sp³-hybridized carbons (Fsp3) is 0.708. The van der Waals surface area contributed by atoms with Crippen LogP contribution in [0.25, 0.3) is 0 Å². The number of aryl methyl sites for hydroxylation is 1. The van der Waals surface area contributed by atoms with Gasteiger partial charge in [0.25, 0.3) is 0 Å². The van der Waals surface area contributed by atoms with Gasteiger partial charge in [0.05, 0.1) is 0 Å². The summed E-state index contributed by atoms with van der Waals surface area (Å²) in [6, 6.07) is 6.54. The van der Waals surface area contributed by atoms with Crippen LogP contribution in [0.2, 0.25) is 11.1 Å². The Hall–Kier alpha value is -1.13. The van der Waals surface area contributed by atoms with Crippen molar-refractivity contribution in [2.75, 3.05) is 0 Å². The molecule has 1 aromatic carbocycles. The zero-order valence-electron chi connectivity index (χ0n) is 18.1. The first-order valence-corrected chi connectivity index (χ1v) is 13.3. The van der Waals surface area contributed by atoms with E-state index in [4.69, 9.17) is 4.43 Å². The molecule has 4 heteroatoms. The number of carbonyl (C=O) groups is 1. The third-order valence-corrected chi connectivity index (χ3v) is 12.2. The summed E-state index contributed by atoms with van der Waals surface area (Å²) >= 11 is 0. The van der Waals surface area contributed by atoms with Crippen LogP contribution in [0.4, 0.5) is 0 Å². The van der Waals surface area contributed by atoms with Crippen LogP contribution in [0.3, 0.4) is 0 Å². The minimum Gasteiger partial charge on any atom is -0.520 e. The van der Waals surface area contributed by atoms with Gasteiger partial charge in [-0.25, -0.2) is 0 Å². The van der Waals surface area contributed by atoms with Crippen LogP contribution in [-0.4, -0.2) is 19.1 Å². The maximum Gasteiger partial charge on any atom is 0.401 e. The molecule has 0 amide bonds. The molecule has 0 bridgehead atoms. The lowest BCUT2D eigenvalue weighted by Crippen LogP contribution is -2.48. The highest BCUT2D eigenvalue weighted by Gasteiger charge is 2.54. The number of benzene rings is 1. The van der Waals surface area contributed by atoms with Crippen molar-refractivity contribution >= 4 is 14.3 Å². The van der Waals surface area contributed by atoms with E-state index in [1.165, 1.54) is 17.5 Å². The zero-order valence-corrected chi connectivity index (χ0v) is 19.1. The molecular formula is C24H36O3Si. The van der Waals surface area contributed by atoms with Gasteiger partial charge in [-0.15, -0.1) is 0 Å². The lowest BCUT2D eigenvalue weighted by atomic mass is 9.55. The van der Waals surface area contributed by atoms with Gasteiger partial charge in [-0.3, -0.25) is 4.79 Å². The molecule has 0 radical (unpaired) electrons. The molecule has 4 rings (SSSR count). The Morgan fingerprint density at radius 3 is 2.50 bits per heavy atom. The number of rotatable bonds is 4. The topological polar surface area (TPSA) is 46.5 Å². The van der Waals surface area contributed by atoms with E-state index in [0.29, 0.717) is 23.5 Å².